The molecule has 0 N–H and O–H groups in total. The van der Waals surface area contributed by atoms with Crippen molar-refractivity contribution in [2.24, 2.45) is 0 Å². The smallest absolute Gasteiger partial charge is 0.224 e. The second-order valence-electron chi connectivity index (χ2n) is 38.1. The van der Waals surface area contributed by atoms with E-state index in [0.717, 1.165) is 45.8 Å². The maximum absolute atomic E-state index is 5.38. The number of fused-ring (bicyclic) bond motifs is 6. The van der Waals surface area contributed by atoms with Crippen LogP contribution in [0, 0.1) is 55.4 Å². The average Bonchev–Trinajstić information content (AvgIpc) is 0.734. The van der Waals surface area contributed by atoms with Crippen LogP contribution in [-0.4, -0.2) is 154 Å². The topological polar surface area (TPSA) is 46.7 Å². The van der Waals surface area contributed by atoms with Gasteiger partial charge in [0.1, 0.15) is 5.75 Å². The average molecular weight is 1790 g/mol. The molecule has 0 unspecified atom stereocenters. The van der Waals surface area contributed by atoms with Gasteiger partial charge < -0.3 is 34.1 Å². The van der Waals surface area contributed by atoms with Crippen molar-refractivity contribution in [3.05, 3.63) is 446 Å². The van der Waals surface area contributed by atoms with Crippen molar-refractivity contribution in [1.82, 2.24) is 0 Å². The second kappa shape index (κ2) is 41.6. The predicted molar refractivity (Wildman–Crippen MR) is 574 cm³/mol. The molecule has 13 nitrogen and oxygen atoms in total. The van der Waals surface area contributed by atoms with Gasteiger partial charge in [-0.15, -0.1) is 0 Å². The molecule has 684 valence electrons. The molecule has 6 aliphatic rings. The maximum Gasteiger partial charge on any atom is 0.224 e. The Balaban J connectivity index is 0.000000120. The minimum atomic E-state index is -0.148. The molecular weight excluding hydrogens is 1660 g/mol. The summed E-state index contributed by atoms with van der Waals surface area (Å²) in [6.45, 7) is 32.0. The minimum Gasteiger partial charge on any atom is -0.497 e. The van der Waals surface area contributed by atoms with E-state index in [-0.39, 0.29) is 10.8 Å². The van der Waals surface area contributed by atoms with Gasteiger partial charge in [-0.2, -0.15) is 27.5 Å². The first kappa shape index (κ1) is 94.1. The standard InChI is InChI=1S/C33H35N2.C22H21N2.C17H19N2O.3C17H19N2/c1-32(2,26-15-9-6-10-16-26)28-21-25-23-35(29-19-13-8-14-20-29)24-34(5)31(25)30(22-28)33(3,4)27-17-11-7-12-18-27;1-17-13-19(18-9-5-3-6-10-18)14-20-15-24(16-23(2)22(17)20)21-11-7-4-8-12-21;1-13-9-16(20-3)10-14-11-19(12-18(2)17(13)14)15-7-5-4-6-8-15;3*1-13-9-14(2)17-15(10-13)11-19(12-18(17)3)16-7-5-4-6-8-16/h6-23H,24H2,1-5H3;3-15H,16H2,1-2H3;4-11H,12H2,1-3H3;3*4-11H,12H2,1-3H3/q6*+1. The molecule has 0 aliphatic carbocycles. The first-order valence-corrected chi connectivity index (χ1v) is 47.4. The van der Waals surface area contributed by atoms with E-state index in [9.17, 15) is 0 Å². The van der Waals surface area contributed by atoms with Crippen molar-refractivity contribution >= 4 is 106 Å². The molecule has 21 rings (SSSR count). The second-order valence-corrected chi connectivity index (χ2v) is 38.1. The third-order valence-corrected chi connectivity index (χ3v) is 26.7. The maximum atomic E-state index is 5.38. The monoisotopic (exact) mass is 1790 g/mol. The largest absolute Gasteiger partial charge is 0.497 e. The number of para-hydroxylation sites is 6. The lowest BCUT2D eigenvalue weighted by atomic mass is 9.71. The molecule has 0 fully saturated rings. The number of anilines is 6. The van der Waals surface area contributed by atoms with Crippen LogP contribution in [0.15, 0.2) is 346 Å². The van der Waals surface area contributed by atoms with E-state index in [4.69, 9.17) is 4.74 Å². The van der Waals surface area contributed by atoms with Gasteiger partial charge in [-0.05, 0) is 182 Å². The molecule has 15 aromatic carbocycles. The summed E-state index contributed by atoms with van der Waals surface area (Å²) in [4.78, 5) is 14.0. The summed E-state index contributed by atoms with van der Waals surface area (Å²) < 4.78 is 19.2. The van der Waals surface area contributed by atoms with Crippen LogP contribution in [0.1, 0.15) is 128 Å². The third-order valence-electron chi connectivity index (χ3n) is 26.7. The number of hydrogen-bond acceptors (Lipinski definition) is 7. The lowest BCUT2D eigenvalue weighted by Crippen LogP contribution is -2.36. The molecule has 136 heavy (non-hydrogen) atoms. The van der Waals surface area contributed by atoms with Crippen molar-refractivity contribution in [3.8, 4) is 16.9 Å². The van der Waals surface area contributed by atoms with Crippen LogP contribution < -0.4 is 34.1 Å². The number of nitrogens with zero attached hydrogens (tertiary/aromatic N) is 12. The Labute approximate surface area is 808 Å². The summed E-state index contributed by atoms with van der Waals surface area (Å²) in [5, 5.41) is 0. The summed E-state index contributed by atoms with van der Waals surface area (Å²) in [7, 11) is 14.7. The van der Waals surface area contributed by atoms with E-state index in [0.29, 0.717) is 0 Å². The quantitative estimate of drug-likeness (QED) is 0.113. The highest BCUT2D eigenvalue weighted by molar-refractivity contribution is 5.94. The first-order chi connectivity index (χ1) is 65.6. The van der Waals surface area contributed by atoms with Crippen molar-refractivity contribution in [3.63, 3.8) is 0 Å². The molecule has 6 heterocycles. The van der Waals surface area contributed by atoms with Crippen LogP contribution in [0.3, 0.4) is 0 Å². The van der Waals surface area contributed by atoms with Gasteiger partial charge in [0.25, 0.3) is 0 Å². The Morgan fingerprint density at radius 2 is 0.456 bits per heavy atom. The Morgan fingerprint density at radius 3 is 0.750 bits per heavy atom. The van der Waals surface area contributed by atoms with E-state index in [1.54, 1.807) is 7.11 Å². The van der Waals surface area contributed by atoms with Crippen molar-refractivity contribution < 1.29 is 32.2 Å². The van der Waals surface area contributed by atoms with Crippen LogP contribution >= 0.6 is 0 Å². The molecule has 0 saturated heterocycles. The van der Waals surface area contributed by atoms with E-state index in [1.807, 2.05) is 6.07 Å². The van der Waals surface area contributed by atoms with Crippen LogP contribution in [0.2, 0.25) is 0 Å². The summed E-state index contributed by atoms with van der Waals surface area (Å²) in [5.74, 6) is 0.904. The number of methoxy groups -OCH3 is 1. The van der Waals surface area contributed by atoms with Crippen LogP contribution in [0.25, 0.3) is 11.1 Å². The number of aryl methyl sites for hydroxylation is 8. The van der Waals surface area contributed by atoms with Gasteiger partial charge in [0.15, 0.2) is 37.3 Å². The van der Waals surface area contributed by atoms with Crippen LogP contribution in [0.4, 0.5) is 68.2 Å². The molecule has 0 bridgehead atoms. The number of hydrogen-bond donors (Lipinski definition) is 0. The zero-order valence-corrected chi connectivity index (χ0v) is 82.9. The van der Waals surface area contributed by atoms with E-state index < -0.39 is 0 Å². The minimum absolute atomic E-state index is 0.126. The zero-order valence-electron chi connectivity index (χ0n) is 82.9. The van der Waals surface area contributed by atoms with Crippen LogP contribution in [0.5, 0.6) is 5.75 Å². The highest BCUT2D eigenvalue weighted by Gasteiger charge is 2.37. The molecule has 0 amide bonds. The van der Waals surface area contributed by atoms with E-state index in [1.165, 1.54) is 180 Å². The normalized spacial score (nSPS) is 13.8. The summed E-state index contributed by atoms with van der Waals surface area (Å²) in [5.41, 5.74) is 41.1. The zero-order chi connectivity index (χ0) is 95.5. The van der Waals surface area contributed by atoms with Gasteiger partial charge in [0.2, 0.25) is 74.1 Å². The SMILES string of the molecule is CN1C[N+](c2ccccc2)=Cc2cc(C(C)(C)c3ccccc3)cc(C(C)(C)c3ccccc3)c21.COc1cc(C)c2c(c1)C=[N+](c1ccccc1)CN2C.Cc1cc(-c2ccccc2)cc2c1N(C)C[N+](c1ccccc1)=C2.Cc1cc(C)c2c(c1)C=[N+](c1ccccc1)CN2C.Cc1cc(C)c2c(c1)C=[N+](c1ccccc1)CN2C.Cc1cc(C)c2c(c1)C=[N+](c1ccccc1)CN2C. The molecule has 0 spiro atoms. The molecule has 0 atom stereocenters. The Hall–Kier alpha value is -15.1. The fourth-order valence-corrected chi connectivity index (χ4v) is 20.3. The Morgan fingerprint density at radius 1 is 0.221 bits per heavy atom. The fourth-order valence-electron chi connectivity index (χ4n) is 20.3. The molecule has 6 aliphatic heterocycles. The lowest BCUT2D eigenvalue weighted by molar-refractivity contribution is -0.435. The molecule has 13 heteroatoms. The summed E-state index contributed by atoms with van der Waals surface area (Å²) in [6, 6.07) is 123. The summed E-state index contributed by atoms with van der Waals surface area (Å²) in [6.07, 6.45) is 13.6. The molecule has 15 aromatic rings. The van der Waals surface area contributed by atoms with E-state index >= 15 is 0 Å². The third kappa shape index (κ3) is 21.3. The van der Waals surface area contributed by atoms with Gasteiger partial charge in [0.05, 0.1) is 74.6 Å². The lowest BCUT2D eigenvalue weighted by Gasteiger charge is -2.36. The number of benzene rings is 15. The van der Waals surface area contributed by atoms with Gasteiger partial charge >= 0.3 is 0 Å². The predicted octanol–water partition coefficient (Wildman–Crippen LogP) is 25.9. The summed E-state index contributed by atoms with van der Waals surface area (Å²) >= 11 is 0. The highest BCUT2D eigenvalue weighted by atomic mass is 16.5. The van der Waals surface area contributed by atoms with E-state index in [2.05, 4.69) is 559 Å². The Kier molecular flexibility index (Phi) is 28.8. The molecule has 0 saturated carbocycles. The fraction of sp³-hybridized carbons (Fsp3) is 0.220. The van der Waals surface area contributed by atoms with Crippen molar-refractivity contribution in [1.29, 1.82) is 0 Å². The van der Waals surface area contributed by atoms with Crippen molar-refractivity contribution in [2.75, 3.05) is 119 Å². The van der Waals surface area contributed by atoms with Gasteiger partial charge in [-0.1, -0.05) is 252 Å². The first-order valence-electron chi connectivity index (χ1n) is 47.4. The van der Waals surface area contributed by atoms with Crippen molar-refractivity contribution in [2.45, 2.75) is 93.9 Å². The Bertz CT molecular complexity index is 6690. The number of ether oxygens (including phenoxy) is 1. The highest BCUT2D eigenvalue weighted by Crippen LogP contribution is 2.46. The number of rotatable bonds is 12. The molecule has 0 aromatic heterocycles. The van der Waals surface area contributed by atoms with Crippen LogP contribution in [-0.2, 0) is 10.8 Å². The van der Waals surface area contributed by atoms with Gasteiger partial charge in [-0.3, -0.25) is 0 Å². The molecule has 0 radical (unpaired) electrons. The molecular formula is C123H132N12O+6. The van der Waals surface area contributed by atoms with Gasteiger partial charge in [0, 0.05) is 126 Å². The van der Waals surface area contributed by atoms with Gasteiger partial charge in [-0.25, -0.2) is 0 Å².